The summed E-state index contributed by atoms with van der Waals surface area (Å²) in [5, 5.41) is -0.307. The van der Waals surface area contributed by atoms with Crippen molar-refractivity contribution in [1.82, 2.24) is 0 Å². The van der Waals surface area contributed by atoms with E-state index in [-0.39, 0.29) is 21.5 Å². The van der Waals surface area contributed by atoms with Crippen LogP contribution >= 0.6 is 0 Å². The molecule has 0 spiro atoms. The first-order valence-electron chi connectivity index (χ1n) is 6.96. The third kappa shape index (κ3) is 0.839. The Bertz CT molecular complexity index is 521. The summed E-state index contributed by atoms with van der Waals surface area (Å²) in [5.74, 6) is 0.386. The van der Waals surface area contributed by atoms with Crippen molar-refractivity contribution in [2.75, 3.05) is 0 Å². The van der Waals surface area contributed by atoms with Gasteiger partial charge in [0.15, 0.2) is 0 Å². The maximum atomic E-state index is 12.4. The highest BCUT2D eigenvalue weighted by Gasteiger charge is 2.86. The first-order valence-corrected chi connectivity index (χ1v) is 8.43. The van der Waals surface area contributed by atoms with Gasteiger partial charge in [-0.15, -0.1) is 0 Å². The van der Waals surface area contributed by atoms with Crippen LogP contribution in [0.15, 0.2) is 0 Å². The van der Waals surface area contributed by atoms with E-state index in [1.165, 1.54) is 0 Å². The Kier molecular flexibility index (Phi) is 2.03. The van der Waals surface area contributed by atoms with E-state index in [1.807, 2.05) is 6.92 Å². The second-order valence-electron chi connectivity index (χ2n) is 7.44. The van der Waals surface area contributed by atoms with E-state index in [9.17, 15) is 8.42 Å². The molecule has 2 saturated carbocycles. The van der Waals surface area contributed by atoms with Crippen molar-refractivity contribution in [2.45, 2.75) is 65.2 Å². The monoisotopic (exact) mass is 272 g/mol. The first-order chi connectivity index (χ1) is 8.01. The molecule has 2 aliphatic carbocycles. The van der Waals surface area contributed by atoms with E-state index in [2.05, 4.69) is 34.6 Å². The van der Waals surface area contributed by atoms with Crippen molar-refractivity contribution in [1.29, 1.82) is 0 Å². The fraction of sp³-hybridized carbons (Fsp3) is 1.00. The Morgan fingerprint density at radius 2 is 1.78 bits per heavy atom. The molecule has 0 radical (unpaired) electrons. The smallest absolute Gasteiger partial charge is 0.262 e. The van der Waals surface area contributed by atoms with Crippen LogP contribution in [0, 0.1) is 22.2 Å². The summed E-state index contributed by atoms with van der Waals surface area (Å²) in [6.07, 6.45) is 1.80. The van der Waals surface area contributed by atoms with Gasteiger partial charge in [-0.25, -0.2) is 0 Å². The van der Waals surface area contributed by atoms with Crippen LogP contribution in [0.2, 0.25) is 0 Å². The average Bonchev–Trinajstić information content (AvgIpc) is 2.59. The van der Waals surface area contributed by atoms with E-state index < -0.39 is 15.7 Å². The lowest BCUT2D eigenvalue weighted by atomic mass is 9.55. The van der Waals surface area contributed by atoms with Gasteiger partial charge in [0.1, 0.15) is 0 Å². The molecule has 2 bridgehead atoms. The highest BCUT2D eigenvalue weighted by Crippen LogP contribution is 2.82. The summed E-state index contributed by atoms with van der Waals surface area (Å²) in [6.45, 7) is 13.0. The predicted octanol–water partition coefficient (Wildman–Crippen LogP) is 2.96. The molecule has 0 aromatic heterocycles. The maximum Gasteiger partial charge on any atom is 0.271 e. The molecule has 104 valence electrons. The normalized spacial score (nSPS) is 59.2. The van der Waals surface area contributed by atoms with E-state index in [0.717, 1.165) is 12.8 Å². The van der Waals surface area contributed by atoms with Crippen LogP contribution < -0.4 is 0 Å². The number of hydrogen-bond donors (Lipinski definition) is 0. The summed E-state index contributed by atoms with van der Waals surface area (Å²) < 4.78 is 30.4. The molecule has 4 heteroatoms. The molecule has 18 heavy (non-hydrogen) atoms. The summed E-state index contributed by atoms with van der Waals surface area (Å²) in [5.41, 5.74) is -0.823. The van der Waals surface area contributed by atoms with Gasteiger partial charge in [-0.05, 0) is 31.1 Å². The Labute approximate surface area is 110 Å². The van der Waals surface area contributed by atoms with Crippen molar-refractivity contribution in [3.8, 4) is 0 Å². The molecule has 3 rings (SSSR count). The largest absolute Gasteiger partial charge is 0.271 e. The van der Waals surface area contributed by atoms with Gasteiger partial charge < -0.3 is 0 Å². The van der Waals surface area contributed by atoms with Crippen LogP contribution in [-0.4, -0.2) is 19.3 Å². The fourth-order valence-corrected chi connectivity index (χ4v) is 8.52. The molecule has 0 aromatic rings. The summed E-state index contributed by atoms with van der Waals surface area (Å²) in [4.78, 5) is 0. The van der Waals surface area contributed by atoms with Gasteiger partial charge in [0.2, 0.25) is 0 Å². The van der Waals surface area contributed by atoms with Crippen molar-refractivity contribution < 1.29 is 12.6 Å². The van der Waals surface area contributed by atoms with Crippen LogP contribution in [0.5, 0.6) is 0 Å². The highest BCUT2D eigenvalue weighted by molar-refractivity contribution is 7.87. The van der Waals surface area contributed by atoms with Gasteiger partial charge in [-0.3, -0.25) is 4.18 Å². The Morgan fingerprint density at radius 3 is 2.17 bits per heavy atom. The minimum Gasteiger partial charge on any atom is -0.262 e. The van der Waals surface area contributed by atoms with Gasteiger partial charge >= 0.3 is 0 Å². The second-order valence-corrected chi connectivity index (χ2v) is 9.16. The molecule has 5 unspecified atom stereocenters. The zero-order chi connectivity index (χ0) is 13.8. The lowest BCUT2D eigenvalue weighted by molar-refractivity contribution is -0.0974. The van der Waals surface area contributed by atoms with Crippen LogP contribution in [0.4, 0.5) is 0 Å². The van der Waals surface area contributed by atoms with Gasteiger partial charge in [-0.2, -0.15) is 8.42 Å². The molecule has 3 fully saturated rings. The zero-order valence-electron chi connectivity index (χ0n) is 12.2. The maximum absolute atomic E-state index is 12.4. The van der Waals surface area contributed by atoms with Gasteiger partial charge in [0.05, 0.1) is 10.9 Å². The van der Waals surface area contributed by atoms with Crippen LogP contribution in [-0.2, 0) is 14.3 Å². The van der Waals surface area contributed by atoms with E-state index in [0.29, 0.717) is 5.92 Å². The third-order valence-electron chi connectivity index (χ3n) is 7.67. The minimum atomic E-state index is -3.40. The van der Waals surface area contributed by atoms with E-state index >= 15 is 0 Å². The molecule has 5 atom stereocenters. The SMILES string of the molecule is CCC12CC3C(C)(C1C)C(C)(OS3(=O)=O)C2(C)C. The van der Waals surface area contributed by atoms with Gasteiger partial charge in [0, 0.05) is 10.8 Å². The predicted molar refractivity (Wildman–Crippen MR) is 70.6 cm³/mol. The van der Waals surface area contributed by atoms with Crippen molar-refractivity contribution >= 4 is 10.1 Å². The van der Waals surface area contributed by atoms with Gasteiger partial charge in [-0.1, -0.05) is 34.6 Å². The Morgan fingerprint density at radius 1 is 1.22 bits per heavy atom. The van der Waals surface area contributed by atoms with Gasteiger partial charge in [0.25, 0.3) is 10.1 Å². The number of fused-ring (bicyclic) bond motifs is 1. The topological polar surface area (TPSA) is 43.4 Å². The zero-order valence-corrected chi connectivity index (χ0v) is 13.0. The molecule has 1 heterocycles. The molecule has 0 N–H and O–H groups in total. The molecule has 1 aliphatic heterocycles. The van der Waals surface area contributed by atoms with Crippen molar-refractivity contribution in [3.63, 3.8) is 0 Å². The molecular weight excluding hydrogens is 248 g/mol. The minimum absolute atomic E-state index is 0.0880. The molecule has 1 saturated heterocycles. The van der Waals surface area contributed by atoms with Crippen LogP contribution in [0.3, 0.4) is 0 Å². The molecular formula is C14H24O3S. The summed E-state index contributed by atoms with van der Waals surface area (Å²) in [7, 11) is -3.40. The van der Waals surface area contributed by atoms with Crippen molar-refractivity contribution in [3.05, 3.63) is 0 Å². The summed E-state index contributed by atoms with van der Waals surface area (Å²) in [6, 6.07) is 0. The summed E-state index contributed by atoms with van der Waals surface area (Å²) >= 11 is 0. The highest BCUT2D eigenvalue weighted by atomic mass is 32.2. The lowest BCUT2D eigenvalue weighted by Gasteiger charge is -2.50. The van der Waals surface area contributed by atoms with Crippen LogP contribution in [0.1, 0.15) is 54.4 Å². The Hall–Kier alpha value is -0.0900. The third-order valence-corrected chi connectivity index (χ3v) is 9.59. The Balaban J connectivity index is 2.37. The fourth-order valence-electron chi connectivity index (χ4n) is 6.02. The van der Waals surface area contributed by atoms with E-state index in [1.54, 1.807) is 0 Å². The number of hydrogen-bond acceptors (Lipinski definition) is 3. The first kappa shape index (κ1) is 12.9. The molecule has 3 aliphatic rings. The standard InChI is InChI=1S/C14H24O3S/c1-7-14-8-10-12(5,9(14)2)13(6,11(14,3)4)17-18(10,15)16/h9-10H,7-8H2,1-6H3. The molecule has 0 aromatic carbocycles. The quantitative estimate of drug-likeness (QED) is 0.689. The van der Waals surface area contributed by atoms with E-state index in [4.69, 9.17) is 4.18 Å². The number of rotatable bonds is 1. The van der Waals surface area contributed by atoms with Crippen LogP contribution in [0.25, 0.3) is 0 Å². The average molecular weight is 272 g/mol. The lowest BCUT2D eigenvalue weighted by Crippen LogP contribution is -2.55. The molecule has 3 nitrogen and oxygen atoms in total. The van der Waals surface area contributed by atoms with Crippen molar-refractivity contribution in [2.24, 2.45) is 22.2 Å². The second kappa shape index (κ2) is 2.83. The molecule has 0 amide bonds.